The molecule has 38 heavy (non-hydrogen) atoms. The van der Waals surface area contributed by atoms with E-state index in [-0.39, 0.29) is 24.7 Å². The van der Waals surface area contributed by atoms with Gasteiger partial charge in [0, 0.05) is 32.7 Å². The van der Waals surface area contributed by atoms with Gasteiger partial charge in [-0.25, -0.2) is 14.3 Å². The van der Waals surface area contributed by atoms with Crippen molar-refractivity contribution in [1.29, 1.82) is 0 Å². The summed E-state index contributed by atoms with van der Waals surface area (Å²) in [5, 5.41) is 14.0. The SMILES string of the molecule is Cc1cc(Cl)cc(Cl)c1CNC(=O)c1nn(-c2ccccc2Cl)c(-c2ccc(Cl)cc2)c1Cn1cncn1. The van der Waals surface area contributed by atoms with Crippen LogP contribution in [0.1, 0.15) is 27.2 Å². The summed E-state index contributed by atoms with van der Waals surface area (Å²) in [5.74, 6) is -0.383. The van der Waals surface area contributed by atoms with E-state index in [0.717, 1.165) is 16.7 Å². The van der Waals surface area contributed by atoms with Crippen molar-refractivity contribution in [2.24, 2.45) is 0 Å². The minimum absolute atomic E-state index is 0.193. The Labute approximate surface area is 238 Å². The molecule has 0 saturated carbocycles. The zero-order valence-electron chi connectivity index (χ0n) is 20.0. The highest BCUT2D eigenvalue weighted by Gasteiger charge is 2.26. The molecular formula is C27H20Cl4N6O. The molecule has 0 spiro atoms. The van der Waals surface area contributed by atoms with Crippen molar-refractivity contribution in [3.63, 3.8) is 0 Å². The number of aryl methyl sites for hydroxylation is 1. The third-order valence-electron chi connectivity index (χ3n) is 5.99. The van der Waals surface area contributed by atoms with Crippen LogP contribution in [-0.4, -0.2) is 30.5 Å². The molecule has 1 amide bonds. The molecular weight excluding hydrogens is 566 g/mol. The summed E-state index contributed by atoms with van der Waals surface area (Å²) in [6.07, 6.45) is 3.02. The number of amides is 1. The van der Waals surface area contributed by atoms with E-state index in [0.29, 0.717) is 37.0 Å². The van der Waals surface area contributed by atoms with Gasteiger partial charge in [0.25, 0.3) is 5.91 Å². The fraction of sp³-hybridized carbons (Fsp3) is 0.111. The number of hydrogen-bond donors (Lipinski definition) is 1. The van der Waals surface area contributed by atoms with E-state index >= 15 is 0 Å². The molecule has 2 aromatic heterocycles. The number of nitrogens with zero attached hydrogens (tertiary/aromatic N) is 5. The number of carbonyl (C=O) groups is 1. The van der Waals surface area contributed by atoms with Gasteiger partial charge in [-0.15, -0.1) is 0 Å². The molecule has 192 valence electrons. The number of halogens is 4. The maximum Gasteiger partial charge on any atom is 0.272 e. The molecule has 11 heteroatoms. The zero-order chi connectivity index (χ0) is 26.8. The Bertz CT molecular complexity index is 1590. The van der Waals surface area contributed by atoms with Gasteiger partial charge in [-0.3, -0.25) is 4.79 Å². The molecule has 0 saturated heterocycles. The molecule has 0 aliphatic heterocycles. The lowest BCUT2D eigenvalue weighted by Gasteiger charge is -2.12. The smallest absolute Gasteiger partial charge is 0.272 e. The Kier molecular flexibility index (Phi) is 7.72. The van der Waals surface area contributed by atoms with Crippen molar-refractivity contribution in [2.75, 3.05) is 0 Å². The third-order valence-corrected chi connectivity index (χ3v) is 7.12. The van der Waals surface area contributed by atoms with Crippen molar-refractivity contribution in [2.45, 2.75) is 20.0 Å². The maximum atomic E-state index is 13.7. The van der Waals surface area contributed by atoms with Crippen molar-refractivity contribution < 1.29 is 4.79 Å². The predicted octanol–water partition coefficient (Wildman–Crippen LogP) is 7.03. The molecule has 0 fully saturated rings. The summed E-state index contributed by atoms with van der Waals surface area (Å²) in [5.41, 5.74) is 4.58. The third kappa shape index (κ3) is 5.42. The van der Waals surface area contributed by atoms with E-state index in [2.05, 4.69) is 15.4 Å². The van der Waals surface area contributed by atoms with Crippen molar-refractivity contribution in [3.8, 4) is 16.9 Å². The van der Waals surface area contributed by atoms with Crippen molar-refractivity contribution in [3.05, 3.63) is 116 Å². The number of benzene rings is 3. The van der Waals surface area contributed by atoms with Gasteiger partial charge >= 0.3 is 0 Å². The van der Waals surface area contributed by atoms with E-state index in [1.165, 1.54) is 6.33 Å². The van der Waals surface area contributed by atoms with Crippen molar-refractivity contribution in [1.82, 2.24) is 29.9 Å². The van der Waals surface area contributed by atoms with Crippen LogP contribution in [0.2, 0.25) is 20.1 Å². The molecule has 1 N–H and O–H groups in total. The Balaban J connectivity index is 1.64. The normalized spacial score (nSPS) is 11.1. The first kappa shape index (κ1) is 26.3. The second kappa shape index (κ2) is 11.2. The average molecular weight is 586 g/mol. The second-order valence-electron chi connectivity index (χ2n) is 8.50. The minimum Gasteiger partial charge on any atom is -0.346 e. The van der Waals surface area contributed by atoms with Crippen LogP contribution < -0.4 is 5.32 Å². The number of carbonyl (C=O) groups excluding carboxylic acids is 1. The van der Waals surface area contributed by atoms with Crippen LogP contribution in [0.25, 0.3) is 16.9 Å². The van der Waals surface area contributed by atoms with E-state index in [9.17, 15) is 4.79 Å². The van der Waals surface area contributed by atoms with Gasteiger partial charge in [0.2, 0.25) is 0 Å². The van der Waals surface area contributed by atoms with E-state index in [1.54, 1.807) is 46.0 Å². The zero-order valence-corrected chi connectivity index (χ0v) is 23.0. The summed E-state index contributed by atoms with van der Waals surface area (Å²) in [7, 11) is 0. The summed E-state index contributed by atoms with van der Waals surface area (Å²) in [6.45, 7) is 2.32. The van der Waals surface area contributed by atoms with Gasteiger partial charge in [0.15, 0.2) is 5.69 Å². The topological polar surface area (TPSA) is 77.6 Å². The first-order valence-electron chi connectivity index (χ1n) is 11.5. The molecule has 0 unspecified atom stereocenters. The van der Waals surface area contributed by atoms with Gasteiger partial charge in [-0.2, -0.15) is 10.2 Å². The van der Waals surface area contributed by atoms with Crippen LogP contribution in [0.5, 0.6) is 0 Å². The van der Waals surface area contributed by atoms with Crippen LogP contribution in [0.15, 0.2) is 73.3 Å². The van der Waals surface area contributed by atoms with E-state index < -0.39 is 0 Å². The average Bonchev–Trinajstić information content (AvgIpc) is 3.53. The predicted molar refractivity (Wildman–Crippen MR) is 151 cm³/mol. The second-order valence-corrected chi connectivity index (χ2v) is 10.2. The van der Waals surface area contributed by atoms with Gasteiger partial charge in [0.05, 0.1) is 22.9 Å². The highest BCUT2D eigenvalue weighted by Crippen LogP contribution is 2.33. The number of hydrogen-bond acceptors (Lipinski definition) is 4. The van der Waals surface area contributed by atoms with Crippen LogP contribution >= 0.6 is 46.4 Å². The first-order valence-corrected chi connectivity index (χ1v) is 13.0. The number of aromatic nitrogens is 5. The molecule has 5 rings (SSSR count). The molecule has 0 atom stereocenters. The van der Waals surface area contributed by atoms with Crippen LogP contribution in [0.4, 0.5) is 0 Å². The van der Waals surface area contributed by atoms with Gasteiger partial charge in [-0.05, 0) is 54.4 Å². The summed E-state index contributed by atoms with van der Waals surface area (Å²) < 4.78 is 3.30. The summed E-state index contributed by atoms with van der Waals surface area (Å²) >= 11 is 25.3. The quantitative estimate of drug-likeness (QED) is 0.222. The molecule has 0 aliphatic rings. The van der Waals surface area contributed by atoms with Gasteiger partial charge in [-0.1, -0.05) is 70.7 Å². The highest BCUT2D eigenvalue weighted by molar-refractivity contribution is 6.35. The lowest BCUT2D eigenvalue weighted by atomic mass is 10.0. The molecule has 2 heterocycles. The Morgan fingerprint density at radius 3 is 2.37 bits per heavy atom. The standard InChI is InChI=1S/C27H20Cl4N6O/c1-16-10-19(29)11-23(31)20(16)12-33-27(38)25-21(13-36-15-32-14-34-36)26(17-6-8-18(28)9-7-17)37(35-25)24-5-3-2-4-22(24)30/h2-11,14-15H,12-13H2,1H3,(H,33,38). The van der Waals surface area contributed by atoms with Crippen LogP contribution in [0.3, 0.4) is 0 Å². The maximum absolute atomic E-state index is 13.7. The van der Waals surface area contributed by atoms with Crippen molar-refractivity contribution >= 4 is 52.3 Å². The summed E-state index contributed by atoms with van der Waals surface area (Å²) in [6, 6.07) is 18.1. The Hall–Kier alpha value is -3.36. The Morgan fingerprint density at radius 1 is 0.921 bits per heavy atom. The molecule has 5 aromatic rings. The van der Waals surface area contributed by atoms with Gasteiger partial charge < -0.3 is 5.32 Å². The molecule has 0 bridgehead atoms. The Morgan fingerprint density at radius 2 is 1.68 bits per heavy atom. The number of para-hydroxylation sites is 1. The lowest BCUT2D eigenvalue weighted by Crippen LogP contribution is -2.25. The monoisotopic (exact) mass is 584 g/mol. The van der Waals surface area contributed by atoms with Crippen LogP contribution in [0, 0.1) is 6.92 Å². The molecule has 3 aromatic carbocycles. The number of nitrogens with one attached hydrogen (secondary N) is 1. The number of rotatable bonds is 7. The molecule has 0 aliphatic carbocycles. The van der Waals surface area contributed by atoms with Gasteiger partial charge in [0.1, 0.15) is 12.7 Å². The van der Waals surface area contributed by atoms with Crippen LogP contribution in [-0.2, 0) is 13.1 Å². The summed E-state index contributed by atoms with van der Waals surface area (Å²) in [4.78, 5) is 17.7. The first-order chi connectivity index (χ1) is 18.3. The lowest BCUT2D eigenvalue weighted by molar-refractivity contribution is 0.0944. The minimum atomic E-state index is -0.383. The fourth-order valence-corrected chi connectivity index (χ4v) is 5.17. The highest BCUT2D eigenvalue weighted by atomic mass is 35.5. The largest absolute Gasteiger partial charge is 0.346 e. The van der Waals surface area contributed by atoms with E-state index in [1.807, 2.05) is 37.3 Å². The van der Waals surface area contributed by atoms with E-state index in [4.69, 9.17) is 51.5 Å². The molecule has 7 nitrogen and oxygen atoms in total. The molecule has 0 radical (unpaired) electrons. The fourth-order valence-electron chi connectivity index (χ4n) is 4.17.